The largest absolute Gasteiger partial charge is 0.324 e. The van der Waals surface area contributed by atoms with Crippen molar-refractivity contribution in [1.29, 1.82) is 0 Å². The standard InChI is InChI=1S/C16H26N4O/c1-11-9-20(10-12(2)19(11)4)16(21)18-15-7-5-14(6-8-15)13(3)17/h5-8,11-13H,9-10,17H2,1-4H3,(H,18,21). The van der Waals surface area contributed by atoms with Crippen LogP contribution in [0.15, 0.2) is 24.3 Å². The molecule has 0 aliphatic carbocycles. The number of hydrogen-bond acceptors (Lipinski definition) is 3. The van der Waals surface area contributed by atoms with Gasteiger partial charge in [0.2, 0.25) is 0 Å². The molecule has 0 bridgehead atoms. The molecule has 5 nitrogen and oxygen atoms in total. The number of rotatable bonds is 2. The number of nitrogens with two attached hydrogens (primary N) is 1. The lowest BCUT2D eigenvalue weighted by Crippen LogP contribution is -2.57. The Hall–Kier alpha value is -1.59. The molecule has 21 heavy (non-hydrogen) atoms. The highest BCUT2D eigenvalue weighted by atomic mass is 16.2. The Morgan fingerprint density at radius 3 is 2.24 bits per heavy atom. The van der Waals surface area contributed by atoms with E-state index >= 15 is 0 Å². The minimum Gasteiger partial charge on any atom is -0.324 e. The van der Waals surface area contributed by atoms with E-state index in [1.54, 1.807) is 0 Å². The molecule has 0 radical (unpaired) electrons. The Bertz CT molecular complexity index is 474. The number of nitrogens with zero attached hydrogens (tertiary/aromatic N) is 2. The maximum atomic E-state index is 12.4. The van der Waals surface area contributed by atoms with Crippen LogP contribution in [0.2, 0.25) is 0 Å². The number of likely N-dealkylation sites (N-methyl/N-ethyl adjacent to an activating group) is 1. The first-order valence-electron chi connectivity index (χ1n) is 7.52. The van der Waals surface area contributed by atoms with E-state index in [1.807, 2.05) is 36.1 Å². The highest BCUT2D eigenvalue weighted by Gasteiger charge is 2.29. The van der Waals surface area contributed by atoms with Crippen LogP contribution in [0.4, 0.5) is 10.5 Å². The van der Waals surface area contributed by atoms with Gasteiger partial charge in [-0.2, -0.15) is 0 Å². The zero-order chi connectivity index (χ0) is 15.6. The molecule has 2 rings (SSSR count). The van der Waals surface area contributed by atoms with Crippen molar-refractivity contribution in [2.75, 3.05) is 25.5 Å². The molecule has 116 valence electrons. The molecule has 1 aliphatic heterocycles. The minimum atomic E-state index is -0.0321. The molecule has 5 heteroatoms. The van der Waals surface area contributed by atoms with Crippen molar-refractivity contribution in [3.63, 3.8) is 0 Å². The van der Waals surface area contributed by atoms with E-state index in [9.17, 15) is 4.79 Å². The van der Waals surface area contributed by atoms with E-state index in [2.05, 4.69) is 31.1 Å². The third kappa shape index (κ3) is 3.74. The molecule has 3 N–H and O–H groups in total. The Kier molecular flexibility index (Phi) is 4.85. The summed E-state index contributed by atoms with van der Waals surface area (Å²) in [7, 11) is 2.11. The van der Waals surface area contributed by atoms with Crippen LogP contribution in [0.3, 0.4) is 0 Å². The quantitative estimate of drug-likeness (QED) is 0.878. The van der Waals surface area contributed by atoms with Crippen LogP contribution in [0.1, 0.15) is 32.4 Å². The summed E-state index contributed by atoms with van der Waals surface area (Å²) in [6, 6.07) is 8.44. The fourth-order valence-corrected chi connectivity index (χ4v) is 2.64. The van der Waals surface area contributed by atoms with E-state index in [1.165, 1.54) is 0 Å². The van der Waals surface area contributed by atoms with Crippen LogP contribution in [0.5, 0.6) is 0 Å². The molecule has 1 saturated heterocycles. The van der Waals surface area contributed by atoms with Gasteiger partial charge < -0.3 is 16.0 Å². The summed E-state index contributed by atoms with van der Waals surface area (Å²) in [5.74, 6) is 0. The van der Waals surface area contributed by atoms with E-state index in [-0.39, 0.29) is 12.1 Å². The third-order valence-corrected chi connectivity index (χ3v) is 4.33. The average molecular weight is 290 g/mol. The van der Waals surface area contributed by atoms with Crippen LogP contribution in [0.25, 0.3) is 0 Å². The van der Waals surface area contributed by atoms with Crippen molar-refractivity contribution in [2.24, 2.45) is 5.73 Å². The van der Waals surface area contributed by atoms with E-state index < -0.39 is 0 Å². The van der Waals surface area contributed by atoms with Gasteiger partial charge in [0.25, 0.3) is 0 Å². The highest BCUT2D eigenvalue weighted by molar-refractivity contribution is 5.89. The first kappa shape index (κ1) is 15.8. The molecule has 2 amide bonds. The first-order valence-corrected chi connectivity index (χ1v) is 7.52. The Labute approximate surface area is 127 Å². The van der Waals surface area contributed by atoms with E-state index in [0.29, 0.717) is 12.1 Å². The zero-order valence-corrected chi connectivity index (χ0v) is 13.3. The van der Waals surface area contributed by atoms with Crippen molar-refractivity contribution in [3.8, 4) is 0 Å². The average Bonchev–Trinajstić information content (AvgIpc) is 2.44. The Morgan fingerprint density at radius 1 is 1.24 bits per heavy atom. The number of piperazine rings is 1. The molecule has 1 fully saturated rings. The molecule has 1 aromatic carbocycles. The lowest BCUT2D eigenvalue weighted by Gasteiger charge is -2.42. The molecule has 1 aromatic rings. The summed E-state index contributed by atoms with van der Waals surface area (Å²) in [4.78, 5) is 16.5. The highest BCUT2D eigenvalue weighted by Crippen LogP contribution is 2.17. The van der Waals surface area contributed by atoms with Gasteiger partial charge in [0, 0.05) is 36.9 Å². The molecule has 0 aromatic heterocycles. The predicted octanol–water partition coefficient (Wildman–Crippen LogP) is 2.26. The molecular weight excluding hydrogens is 264 g/mol. The van der Waals surface area contributed by atoms with E-state index in [0.717, 1.165) is 24.3 Å². The number of carbonyl (C=O) groups is 1. The van der Waals surface area contributed by atoms with Gasteiger partial charge in [-0.25, -0.2) is 4.79 Å². The van der Waals surface area contributed by atoms with Gasteiger partial charge in [0.05, 0.1) is 0 Å². The maximum Gasteiger partial charge on any atom is 0.321 e. The summed E-state index contributed by atoms with van der Waals surface area (Å²) >= 11 is 0. The number of urea groups is 1. The maximum absolute atomic E-state index is 12.4. The second-order valence-corrected chi connectivity index (χ2v) is 6.11. The van der Waals surface area contributed by atoms with Gasteiger partial charge in [-0.05, 0) is 45.5 Å². The SMILES string of the molecule is CC(N)c1ccc(NC(=O)N2CC(C)N(C)C(C)C2)cc1. The summed E-state index contributed by atoms with van der Waals surface area (Å²) in [6.45, 7) is 7.75. The number of nitrogens with one attached hydrogen (secondary N) is 1. The normalized spacial score (nSPS) is 24.7. The van der Waals surface area contributed by atoms with Crippen LogP contribution in [0, 0.1) is 0 Å². The summed E-state index contributed by atoms with van der Waals surface area (Å²) in [5.41, 5.74) is 7.70. The predicted molar refractivity (Wildman–Crippen MR) is 86.3 cm³/mol. The molecular formula is C16H26N4O. The lowest BCUT2D eigenvalue weighted by molar-refractivity contribution is 0.0816. The fourth-order valence-electron chi connectivity index (χ4n) is 2.64. The molecule has 3 unspecified atom stereocenters. The number of anilines is 1. The molecule has 0 spiro atoms. The topological polar surface area (TPSA) is 61.6 Å². The number of benzene rings is 1. The third-order valence-electron chi connectivity index (χ3n) is 4.33. The van der Waals surface area contributed by atoms with Gasteiger partial charge in [-0.1, -0.05) is 12.1 Å². The first-order chi connectivity index (χ1) is 9.88. The van der Waals surface area contributed by atoms with Crippen LogP contribution in [-0.2, 0) is 0 Å². The van der Waals surface area contributed by atoms with Gasteiger partial charge in [0.1, 0.15) is 0 Å². The number of hydrogen-bond donors (Lipinski definition) is 2. The monoisotopic (exact) mass is 290 g/mol. The second-order valence-electron chi connectivity index (χ2n) is 6.11. The lowest BCUT2D eigenvalue weighted by atomic mass is 10.1. The fraction of sp³-hybridized carbons (Fsp3) is 0.562. The molecule has 3 atom stereocenters. The van der Waals surface area contributed by atoms with Crippen molar-refractivity contribution in [1.82, 2.24) is 9.80 Å². The van der Waals surface area contributed by atoms with Crippen molar-refractivity contribution in [3.05, 3.63) is 29.8 Å². The minimum absolute atomic E-state index is 0.00841. The summed E-state index contributed by atoms with van der Waals surface area (Å²) in [5, 5.41) is 2.96. The smallest absolute Gasteiger partial charge is 0.321 e. The Morgan fingerprint density at radius 2 is 1.76 bits per heavy atom. The number of carbonyl (C=O) groups excluding carboxylic acids is 1. The summed E-state index contributed by atoms with van der Waals surface area (Å²) in [6.07, 6.45) is 0. The molecule has 0 saturated carbocycles. The van der Waals surface area contributed by atoms with Crippen LogP contribution >= 0.6 is 0 Å². The molecule has 1 aliphatic rings. The number of amides is 2. The van der Waals surface area contributed by atoms with E-state index in [4.69, 9.17) is 5.73 Å². The van der Waals surface area contributed by atoms with Crippen molar-refractivity contribution in [2.45, 2.75) is 38.9 Å². The molecule has 1 heterocycles. The van der Waals surface area contributed by atoms with Gasteiger partial charge >= 0.3 is 6.03 Å². The summed E-state index contributed by atoms with van der Waals surface area (Å²) < 4.78 is 0. The van der Waals surface area contributed by atoms with Crippen molar-refractivity contribution < 1.29 is 4.79 Å². The zero-order valence-electron chi connectivity index (χ0n) is 13.3. The van der Waals surface area contributed by atoms with Crippen molar-refractivity contribution >= 4 is 11.7 Å². The van der Waals surface area contributed by atoms with Gasteiger partial charge in [-0.3, -0.25) is 4.90 Å². The second kappa shape index (κ2) is 6.45. The van der Waals surface area contributed by atoms with Gasteiger partial charge in [0.15, 0.2) is 0 Å². The van der Waals surface area contributed by atoms with Crippen LogP contribution in [-0.4, -0.2) is 48.1 Å². The van der Waals surface area contributed by atoms with Gasteiger partial charge in [-0.15, -0.1) is 0 Å². The Balaban J connectivity index is 1.98. The van der Waals surface area contributed by atoms with Crippen LogP contribution < -0.4 is 11.1 Å².